The average molecular weight is 596 g/mol. The van der Waals surface area contributed by atoms with Gasteiger partial charge < -0.3 is 4.90 Å². The SMILES string of the molecule is C=C(/C=C\C=C/C)c1cc(-c2ccccc2)cc(N(c2ccc(-c3ccccc3)cc2)c2cccc3c2sc2ccccc23)c1. The molecule has 2 heteroatoms. The molecule has 1 heterocycles. The lowest BCUT2D eigenvalue weighted by Crippen LogP contribution is -2.10. The minimum atomic E-state index is 0.964. The van der Waals surface area contributed by atoms with Gasteiger partial charge in [-0.1, -0.05) is 134 Å². The van der Waals surface area contributed by atoms with Gasteiger partial charge in [0.15, 0.2) is 0 Å². The quantitative estimate of drug-likeness (QED) is 0.158. The van der Waals surface area contributed by atoms with Crippen LogP contribution in [0.2, 0.25) is 0 Å². The summed E-state index contributed by atoms with van der Waals surface area (Å²) in [6.07, 6.45) is 8.20. The summed E-state index contributed by atoms with van der Waals surface area (Å²) in [6.45, 7) is 6.49. The van der Waals surface area contributed by atoms with Crippen LogP contribution in [0.15, 0.2) is 176 Å². The minimum Gasteiger partial charge on any atom is -0.309 e. The first-order valence-electron chi connectivity index (χ1n) is 15.2. The molecule has 0 N–H and O–H groups in total. The average Bonchev–Trinajstić information content (AvgIpc) is 3.49. The number of benzene rings is 6. The van der Waals surface area contributed by atoms with Crippen LogP contribution in [-0.4, -0.2) is 0 Å². The highest BCUT2D eigenvalue weighted by molar-refractivity contribution is 7.26. The molecule has 45 heavy (non-hydrogen) atoms. The van der Waals surface area contributed by atoms with Crippen LogP contribution in [-0.2, 0) is 0 Å². The molecule has 0 aliphatic rings. The first kappa shape index (κ1) is 28.3. The van der Waals surface area contributed by atoms with Gasteiger partial charge in [0.05, 0.1) is 10.4 Å². The van der Waals surface area contributed by atoms with Gasteiger partial charge in [-0.25, -0.2) is 0 Å². The standard InChI is InChI=1S/C43H33NS/c1-3-4-7-15-31(2)35-28-36(33-18-10-6-11-19-33)30-38(29-35)44(37-26-24-34(25-27-37)32-16-8-5-9-17-32)41-22-14-21-40-39-20-12-13-23-42(39)45-43(40)41/h3-30H,2H2,1H3/b4-3-,15-7-. The van der Waals surface area contributed by atoms with E-state index >= 15 is 0 Å². The van der Waals surface area contributed by atoms with Crippen LogP contribution in [0.5, 0.6) is 0 Å². The fourth-order valence-electron chi connectivity index (χ4n) is 5.87. The van der Waals surface area contributed by atoms with Crippen LogP contribution in [0.1, 0.15) is 12.5 Å². The van der Waals surface area contributed by atoms with Gasteiger partial charge in [0.25, 0.3) is 0 Å². The van der Waals surface area contributed by atoms with E-state index in [0.29, 0.717) is 0 Å². The Morgan fingerprint density at radius 2 is 1.22 bits per heavy atom. The minimum absolute atomic E-state index is 0.964. The second kappa shape index (κ2) is 12.7. The summed E-state index contributed by atoms with van der Waals surface area (Å²) >= 11 is 1.85. The van der Waals surface area contributed by atoms with Crippen LogP contribution >= 0.6 is 11.3 Å². The smallest absolute Gasteiger partial charge is 0.0640 e. The highest BCUT2D eigenvalue weighted by Crippen LogP contribution is 2.46. The van der Waals surface area contributed by atoms with Crippen molar-refractivity contribution in [2.24, 2.45) is 0 Å². The normalized spacial score (nSPS) is 11.6. The molecule has 0 bridgehead atoms. The van der Waals surface area contributed by atoms with Crippen LogP contribution in [0.4, 0.5) is 17.1 Å². The Labute approximate surface area is 269 Å². The van der Waals surface area contributed by atoms with E-state index in [1.54, 1.807) is 0 Å². The number of hydrogen-bond acceptors (Lipinski definition) is 2. The number of hydrogen-bond donors (Lipinski definition) is 0. The topological polar surface area (TPSA) is 3.24 Å². The second-order valence-corrected chi connectivity index (χ2v) is 12.1. The lowest BCUT2D eigenvalue weighted by Gasteiger charge is -2.27. The van der Waals surface area contributed by atoms with E-state index in [-0.39, 0.29) is 0 Å². The zero-order valence-corrected chi connectivity index (χ0v) is 26.0. The van der Waals surface area contributed by atoms with E-state index in [1.165, 1.54) is 36.9 Å². The molecular weight excluding hydrogens is 563 g/mol. The number of allylic oxidation sites excluding steroid dienone is 5. The van der Waals surface area contributed by atoms with Crippen molar-refractivity contribution in [3.05, 3.63) is 182 Å². The van der Waals surface area contributed by atoms with Crippen molar-refractivity contribution in [1.29, 1.82) is 0 Å². The van der Waals surface area contributed by atoms with Crippen molar-refractivity contribution >= 4 is 54.1 Å². The Morgan fingerprint density at radius 1 is 0.578 bits per heavy atom. The van der Waals surface area contributed by atoms with Gasteiger partial charge in [0.1, 0.15) is 0 Å². The molecule has 0 atom stereocenters. The van der Waals surface area contributed by atoms with Gasteiger partial charge in [-0.2, -0.15) is 0 Å². The van der Waals surface area contributed by atoms with Gasteiger partial charge in [-0.15, -0.1) is 11.3 Å². The van der Waals surface area contributed by atoms with Gasteiger partial charge in [0, 0.05) is 26.8 Å². The van der Waals surface area contributed by atoms with E-state index < -0.39 is 0 Å². The third-order valence-corrected chi connectivity index (χ3v) is 9.32. The molecular formula is C43H33NS. The number of fused-ring (bicyclic) bond motifs is 3. The van der Waals surface area contributed by atoms with E-state index in [0.717, 1.165) is 33.8 Å². The molecule has 0 aliphatic heterocycles. The summed E-state index contributed by atoms with van der Waals surface area (Å²) in [6, 6.07) is 52.3. The van der Waals surface area contributed by atoms with Gasteiger partial charge in [-0.3, -0.25) is 0 Å². The number of nitrogens with zero attached hydrogens (tertiary/aromatic N) is 1. The first-order chi connectivity index (χ1) is 22.2. The molecule has 216 valence electrons. The van der Waals surface area contributed by atoms with Crippen molar-refractivity contribution in [1.82, 2.24) is 0 Å². The monoisotopic (exact) mass is 595 g/mol. The molecule has 0 fully saturated rings. The summed E-state index contributed by atoms with van der Waals surface area (Å²) in [7, 11) is 0. The van der Waals surface area contributed by atoms with Gasteiger partial charge >= 0.3 is 0 Å². The van der Waals surface area contributed by atoms with Crippen LogP contribution in [0, 0.1) is 0 Å². The molecule has 0 radical (unpaired) electrons. The van der Waals surface area contributed by atoms with E-state index in [4.69, 9.17) is 0 Å². The second-order valence-electron chi connectivity index (χ2n) is 11.0. The lowest BCUT2D eigenvalue weighted by molar-refractivity contribution is 1.30. The van der Waals surface area contributed by atoms with Crippen molar-refractivity contribution < 1.29 is 0 Å². The zero-order chi connectivity index (χ0) is 30.6. The van der Waals surface area contributed by atoms with Gasteiger partial charge in [-0.05, 0) is 82.8 Å². The Balaban J connectivity index is 1.46. The van der Waals surface area contributed by atoms with Crippen molar-refractivity contribution in [3.63, 3.8) is 0 Å². The molecule has 0 amide bonds. The fraction of sp³-hybridized carbons (Fsp3) is 0.0233. The number of rotatable bonds is 8. The molecule has 0 saturated carbocycles. The van der Waals surface area contributed by atoms with E-state index in [1.807, 2.05) is 30.4 Å². The zero-order valence-electron chi connectivity index (χ0n) is 25.2. The number of anilines is 3. The molecule has 0 aliphatic carbocycles. The number of thiophene rings is 1. The van der Waals surface area contributed by atoms with Crippen LogP contribution in [0.3, 0.4) is 0 Å². The Kier molecular flexibility index (Phi) is 7.97. The molecule has 0 saturated heterocycles. The maximum Gasteiger partial charge on any atom is 0.0640 e. The largest absolute Gasteiger partial charge is 0.309 e. The molecule has 7 aromatic rings. The molecule has 1 aromatic heterocycles. The molecule has 0 unspecified atom stereocenters. The van der Waals surface area contributed by atoms with Crippen LogP contribution in [0.25, 0.3) is 48.0 Å². The first-order valence-corrected chi connectivity index (χ1v) is 16.1. The van der Waals surface area contributed by atoms with Crippen molar-refractivity contribution in [3.8, 4) is 22.3 Å². The fourth-order valence-corrected chi connectivity index (χ4v) is 7.08. The van der Waals surface area contributed by atoms with Crippen molar-refractivity contribution in [2.75, 3.05) is 4.90 Å². The summed E-state index contributed by atoms with van der Waals surface area (Å²) in [5.74, 6) is 0. The Morgan fingerprint density at radius 3 is 1.96 bits per heavy atom. The van der Waals surface area contributed by atoms with Gasteiger partial charge in [0.2, 0.25) is 0 Å². The molecule has 0 spiro atoms. The maximum atomic E-state index is 4.46. The highest BCUT2D eigenvalue weighted by Gasteiger charge is 2.20. The lowest BCUT2D eigenvalue weighted by atomic mass is 9.97. The highest BCUT2D eigenvalue weighted by atomic mass is 32.1. The van der Waals surface area contributed by atoms with E-state index in [9.17, 15) is 0 Å². The van der Waals surface area contributed by atoms with E-state index in [2.05, 4.69) is 169 Å². The van der Waals surface area contributed by atoms with Crippen LogP contribution < -0.4 is 4.90 Å². The predicted molar refractivity (Wildman–Crippen MR) is 198 cm³/mol. The van der Waals surface area contributed by atoms with Crippen molar-refractivity contribution in [2.45, 2.75) is 6.92 Å². The predicted octanol–water partition coefficient (Wildman–Crippen LogP) is 13.0. The summed E-state index contributed by atoms with van der Waals surface area (Å²) in [5.41, 5.74) is 10.1. The summed E-state index contributed by atoms with van der Waals surface area (Å²) in [4.78, 5) is 2.41. The summed E-state index contributed by atoms with van der Waals surface area (Å²) in [5, 5.41) is 2.57. The maximum absolute atomic E-state index is 4.46. The molecule has 1 nitrogen and oxygen atoms in total. The Bertz CT molecular complexity index is 2170. The molecule has 7 rings (SSSR count). The third-order valence-electron chi connectivity index (χ3n) is 8.11. The molecule has 6 aromatic carbocycles. The third kappa shape index (κ3) is 5.76. The Hall–Kier alpha value is -5.44. The summed E-state index contributed by atoms with van der Waals surface area (Å²) < 4.78 is 2.56.